The number of H-pyrrole nitrogens is 1. The van der Waals surface area contributed by atoms with E-state index >= 15 is 0 Å². The van der Waals surface area contributed by atoms with Crippen LogP contribution in [-0.2, 0) is 19.3 Å². The van der Waals surface area contributed by atoms with Crippen LogP contribution in [0.1, 0.15) is 27.0 Å². The third-order valence-corrected chi connectivity index (χ3v) is 8.85. The summed E-state index contributed by atoms with van der Waals surface area (Å²) >= 11 is 7.75. The third kappa shape index (κ3) is 4.85. The summed E-state index contributed by atoms with van der Waals surface area (Å²) in [5.74, 6) is 1.10. The van der Waals surface area contributed by atoms with Crippen molar-refractivity contribution in [2.75, 3.05) is 20.8 Å². The maximum absolute atomic E-state index is 13.9. The van der Waals surface area contributed by atoms with Crippen LogP contribution in [0.15, 0.2) is 66.9 Å². The van der Waals surface area contributed by atoms with Crippen molar-refractivity contribution in [3.8, 4) is 33.1 Å². The Hall–Kier alpha value is -3.78. The number of carbonyl (C=O) groups excluding carboxylic acids is 1. The summed E-state index contributed by atoms with van der Waals surface area (Å²) in [5, 5.41) is 14.4. The second kappa shape index (κ2) is 11.0. The number of carbonyl (C=O) groups is 1. The Balaban J connectivity index is 1.40. The molecule has 5 aromatic rings. The summed E-state index contributed by atoms with van der Waals surface area (Å²) in [6.45, 7) is -0.184. The first-order valence-corrected chi connectivity index (χ1v) is 14.3. The second-order valence-electron chi connectivity index (χ2n) is 9.94. The molecule has 40 heavy (non-hydrogen) atoms. The van der Waals surface area contributed by atoms with E-state index in [0.717, 1.165) is 62.0 Å². The Labute approximate surface area is 241 Å². The zero-order valence-electron chi connectivity index (χ0n) is 22.2. The number of amides is 1. The van der Waals surface area contributed by atoms with E-state index in [-0.39, 0.29) is 12.5 Å². The van der Waals surface area contributed by atoms with Crippen molar-refractivity contribution in [3.05, 3.63) is 93.5 Å². The van der Waals surface area contributed by atoms with Crippen molar-refractivity contribution in [2.24, 2.45) is 0 Å². The van der Waals surface area contributed by atoms with Crippen LogP contribution in [0, 0.1) is 0 Å². The molecule has 0 saturated heterocycles. The number of nitrogens with one attached hydrogen (secondary N) is 2. The molecule has 1 amide bonds. The van der Waals surface area contributed by atoms with Gasteiger partial charge in [0.25, 0.3) is 5.91 Å². The maximum atomic E-state index is 13.9. The minimum Gasteiger partial charge on any atom is -0.493 e. The van der Waals surface area contributed by atoms with Crippen LogP contribution < -0.4 is 14.8 Å². The van der Waals surface area contributed by atoms with Crippen LogP contribution in [0.25, 0.3) is 32.5 Å². The van der Waals surface area contributed by atoms with Gasteiger partial charge >= 0.3 is 0 Å². The van der Waals surface area contributed by atoms with Crippen LogP contribution in [0.4, 0.5) is 0 Å². The van der Waals surface area contributed by atoms with Crippen molar-refractivity contribution >= 4 is 39.7 Å². The number of aryl methyl sites for hydroxylation is 2. The molecule has 0 saturated carbocycles. The lowest BCUT2D eigenvalue weighted by atomic mass is 9.82. The highest BCUT2D eigenvalue weighted by Gasteiger charge is 2.25. The number of benzene rings is 3. The number of aliphatic hydroxyl groups is 1. The molecule has 204 valence electrons. The van der Waals surface area contributed by atoms with Crippen molar-refractivity contribution in [3.63, 3.8) is 0 Å². The number of thiophene rings is 1. The van der Waals surface area contributed by atoms with Gasteiger partial charge in [-0.15, -0.1) is 11.3 Å². The number of ether oxygens (including phenoxy) is 2. The highest BCUT2D eigenvalue weighted by Crippen LogP contribution is 2.44. The van der Waals surface area contributed by atoms with Gasteiger partial charge < -0.3 is 24.9 Å². The van der Waals surface area contributed by atoms with E-state index in [4.69, 9.17) is 21.1 Å². The van der Waals surface area contributed by atoms with Gasteiger partial charge in [0.15, 0.2) is 11.5 Å². The highest BCUT2D eigenvalue weighted by molar-refractivity contribution is 7.19. The summed E-state index contributed by atoms with van der Waals surface area (Å²) in [6, 6.07) is 19.5. The molecule has 3 N–H and O–H groups in total. The number of hydrogen-bond acceptors (Lipinski definition) is 5. The van der Waals surface area contributed by atoms with Crippen LogP contribution in [0.5, 0.6) is 11.5 Å². The molecule has 8 heteroatoms. The number of aromatic nitrogens is 1. The van der Waals surface area contributed by atoms with Gasteiger partial charge in [-0.2, -0.15) is 0 Å². The fourth-order valence-corrected chi connectivity index (χ4v) is 6.66. The van der Waals surface area contributed by atoms with Crippen LogP contribution >= 0.6 is 22.9 Å². The van der Waals surface area contributed by atoms with Crippen molar-refractivity contribution in [1.82, 2.24) is 10.3 Å². The molecule has 6 nitrogen and oxygen atoms in total. The molecule has 1 unspecified atom stereocenters. The number of hydrogen-bond donors (Lipinski definition) is 3. The Bertz CT molecular complexity index is 1720. The van der Waals surface area contributed by atoms with Gasteiger partial charge in [-0.1, -0.05) is 29.8 Å². The number of aliphatic hydroxyl groups excluding tert-OH is 1. The molecule has 3 aromatic carbocycles. The van der Waals surface area contributed by atoms with Crippen molar-refractivity contribution in [1.29, 1.82) is 0 Å². The van der Waals surface area contributed by atoms with E-state index in [2.05, 4.69) is 16.4 Å². The SMILES string of the molecule is COc1cc2c(cc1OC)-c1cc(C(=O)NC(CO)Cc3c[nH]c4ccccc34)c(-c3ccc(Cl)s3)cc1CC2. The first kappa shape index (κ1) is 26.4. The highest BCUT2D eigenvalue weighted by atomic mass is 35.5. The van der Waals surface area contributed by atoms with E-state index in [1.54, 1.807) is 14.2 Å². The van der Waals surface area contributed by atoms with Crippen LogP contribution in [0.2, 0.25) is 4.34 Å². The fraction of sp³-hybridized carbons (Fsp3) is 0.219. The van der Waals surface area contributed by atoms with Gasteiger partial charge in [-0.3, -0.25) is 4.79 Å². The average molecular weight is 573 g/mol. The summed E-state index contributed by atoms with van der Waals surface area (Å²) in [5.41, 5.74) is 7.78. The molecule has 6 rings (SSSR count). The van der Waals surface area contributed by atoms with Crippen LogP contribution in [-0.4, -0.2) is 42.9 Å². The third-order valence-electron chi connectivity index (χ3n) is 7.59. The Morgan fingerprint density at radius 3 is 2.45 bits per heavy atom. The lowest BCUT2D eigenvalue weighted by Gasteiger charge is -2.24. The molecular weight excluding hydrogens is 544 g/mol. The number of fused-ring (bicyclic) bond motifs is 4. The van der Waals surface area contributed by atoms with E-state index in [9.17, 15) is 9.90 Å². The Morgan fingerprint density at radius 2 is 1.73 bits per heavy atom. The molecule has 0 radical (unpaired) electrons. The summed E-state index contributed by atoms with van der Waals surface area (Å²) in [7, 11) is 3.26. The summed E-state index contributed by atoms with van der Waals surface area (Å²) in [6.07, 6.45) is 4.13. The molecule has 0 fully saturated rings. The second-order valence-corrected chi connectivity index (χ2v) is 11.7. The smallest absolute Gasteiger partial charge is 0.252 e. The number of rotatable bonds is 8. The first-order valence-electron chi connectivity index (χ1n) is 13.1. The summed E-state index contributed by atoms with van der Waals surface area (Å²) < 4.78 is 11.8. The number of halogens is 1. The molecule has 1 aliphatic rings. The molecule has 0 aliphatic heterocycles. The minimum atomic E-state index is -0.459. The molecule has 2 aromatic heterocycles. The number of para-hydroxylation sites is 1. The van der Waals surface area contributed by atoms with E-state index < -0.39 is 6.04 Å². The standard InChI is InChI=1S/C32H29ClN2O4S/c1-38-28-13-19-8-7-18-12-25(30-9-10-31(33)40-30)26(14-23(18)24(19)15-29(28)39-2)32(37)35-21(17-36)11-20-16-34-27-6-4-3-5-22(20)27/h3-6,9-10,12-16,21,34,36H,7-8,11,17H2,1-2H3,(H,35,37). The first-order chi connectivity index (χ1) is 19.5. The Morgan fingerprint density at radius 1 is 1.00 bits per heavy atom. The van der Waals surface area contributed by atoms with Gasteiger partial charge in [0.05, 0.1) is 31.2 Å². The van der Waals surface area contributed by atoms with E-state index in [1.807, 2.05) is 60.8 Å². The van der Waals surface area contributed by atoms with E-state index in [0.29, 0.717) is 27.8 Å². The quantitative estimate of drug-likeness (QED) is 0.194. The van der Waals surface area contributed by atoms with Crippen molar-refractivity contribution in [2.45, 2.75) is 25.3 Å². The molecule has 1 atom stereocenters. The van der Waals surface area contributed by atoms with Gasteiger partial charge in [0, 0.05) is 33.1 Å². The summed E-state index contributed by atoms with van der Waals surface area (Å²) in [4.78, 5) is 18.1. The molecule has 0 spiro atoms. The minimum absolute atomic E-state index is 0.184. The number of methoxy groups -OCH3 is 2. The lowest BCUT2D eigenvalue weighted by molar-refractivity contribution is 0.0917. The van der Waals surface area contributed by atoms with Gasteiger partial charge in [0.2, 0.25) is 0 Å². The lowest BCUT2D eigenvalue weighted by Crippen LogP contribution is -2.39. The normalized spacial score (nSPS) is 13.0. The predicted octanol–water partition coefficient (Wildman–Crippen LogP) is 6.67. The van der Waals surface area contributed by atoms with Gasteiger partial charge in [0.1, 0.15) is 0 Å². The largest absolute Gasteiger partial charge is 0.493 e. The molecule has 0 bridgehead atoms. The molecule has 1 aliphatic carbocycles. The molecule has 2 heterocycles. The molecular formula is C32H29ClN2O4S. The van der Waals surface area contributed by atoms with Gasteiger partial charge in [-0.25, -0.2) is 0 Å². The predicted molar refractivity (Wildman–Crippen MR) is 161 cm³/mol. The van der Waals surface area contributed by atoms with Crippen LogP contribution in [0.3, 0.4) is 0 Å². The van der Waals surface area contributed by atoms with E-state index in [1.165, 1.54) is 11.3 Å². The van der Waals surface area contributed by atoms with Gasteiger partial charge in [-0.05, 0) is 89.5 Å². The monoisotopic (exact) mass is 572 g/mol. The maximum Gasteiger partial charge on any atom is 0.252 e. The van der Waals surface area contributed by atoms with Crippen molar-refractivity contribution < 1.29 is 19.4 Å². The topological polar surface area (TPSA) is 83.6 Å². The zero-order valence-corrected chi connectivity index (χ0v) is 23.8. The fourth-order valence-electron chi connectivity index (χ4n) is 5.59. The number of aromatic amines is 1. The average Bonchev–Trinajstić information content (AvgIpc) is 3.61. The zero-order chi connectivity index (χ0) is 27.8. The Kier molecular flexibility index (Phi) is 7.27.